The van der Waals surface area contributed by atoms with Gasteiger partial charge in [-0.25, -0.2) is 13.6 Å². The summed E-state index contributed by atoms with van der Waals surface area (Å²) >= 11 is 5.99. The number of rotatable bonds is 4. The molecule has 2 aromatic rings. The Kier molecular flexibility index (Phi) is 5.33. The van der Waals surface area contributed by atoms with Crippen LogP contribution < -0.4 is 10.6 Å². The van der Waals surface area contributed by atoms with E-state index in [4.69, 9.17) is 11.6 Å². The number of carbonyl (C=O) groups is 1. The molecule has 0 aliphatic rings. The Morgan fingerprint density at radius 3 is 2.59 bits per heavy atom. The molecule has 2 rings (SSSR count). The minimum absolute atomic E-state index is 0.274. The van der Waals surface area contributed by atoms with Crippen LogP contribution in [0.4, 0.5) is 13.6 Å². The Balaban J connectivity index is 1.91. The fourth-order valence-corrected chi connectivity index (χ4v) is 2.13. The van der Waals surface area contributed by atoms with Gasteiger partial charge >= 0.3 is 6.03 Å². The Morgan fingerprint density at radius 2 is 1.91 bits per heavy atom. The normalized spacial score (nSPS) is 11.8. The van der Waals surface area contributed by atoms with Crippen LogP contribution in [-0.2, 0) is 6.54 Å². The average Bonchev–Trinajstić information content (AvgIpc) is 2.49. The summed E-state index contributed by atoms with van der Waals surface area (Å²) in [6, 6.07) is 9.82. The summed E-state index contributed by atoms with van der Waals surface area (Å²) in [5.74, 6) is -1.86. The van der Waals surface area contributed by atoms with Gasteiger partial charge in [0, 0.05) is 11.6 Å². The van der Waals surface area contributed by atoms with E-state index in [1.165, 1.54) is 6.07 Å². The maximum absolute atomic E-state index is 13.2. The number of hydrogen-bond donors (Lipinski definition) is 2. The highest BCUT2D eigenvalue weighted by Gasteiger charge is 2.12. The second-order valence-corrected chi connectivity index (χ2v) is 5.22. The van der Waals surface area contributed by atoms with Crippen molar-refractivity contribution in [1.82, 2.24) is 10.6 Å². The molecule has 0 heterocycles. The van der Waals surface area contributed by atoms with Gasteiger partial charge in [-0.05, 0) is 36.2 Å². The smallest absolute Gasteiger partial charge is 0.315 e. The summed E-state index contributed by atoms with van der Waals surface area (Å²) in [4.78, 5) is 11.8. The van der Waals surface area contributed by atoms with Crippen molar-refractivity contribution in [2.24, 2.45) is 0 Å². The summed E-state index contributed by atoms with van der Waals surface area (Å²) < 4.78 is 26.1. The van der Waals surface area contributed by atoms with E-state index in [1.807, 2.05) is 6.07 Å². The predicted octanol–water partition coefficient (Wildman–Crippen LogP) is 4.18. The quantitative estimate of drug-likeness (QED) is 0.870. The highest BCUT2D eigenvalue weighted by molar-refractivity contribution is 6.31. The van der Waals surface area contributed by atoms with Gasteiger partial charge in [-0.2, -0.15) is 0 Å². The maximum atomic E-state index is 13.2. The summed E-state index contributed by atoms with van der Waals surface area (Å²) in [6.45, 7) is 1.96. The first kappa shape index (κ1) is 16.2. The van der Waals surface area contributed by atoms with E-state index in [9.17, 15) is 13.6 Å². The van der Waals surface area contributed by atoms with Crippen LogP contribution in [0, 0.1) is 11.6 Å². The zero-order valence-electron chi connectivity index (χ0n) is 11.9. The van der Waals surface area contributed by atoms with Crippen molar-refractivity contribution in [1.29, 1.82) is 0 Å². The molecule has 1 atom stereocenters. The minimum atomic E-state index is -0.942. The first-order valence-electron chi connectivity index (χ1n) is 6.70. The first-order valence-corrected chi connectivity index (χ1v) is 7.08. The lowest BCUT2D eigenvalue weighted by atomic mass is 10.1. The van der Waals surface area contributed by atoms with Gasteiger partial charge in [0.1, 0.15) is 0 Å². The lowest BCUT2D eigenvalue weighted by Crippen LogP contribution is -2.36. The topological polar surface area (TPSA) is 41.1 Å². The second kappa shape index (κ2) is 7.22. The van der Waals surface area contributed by atoms with Crippen LogP contribution in [0.25, 0.3) is 0 Å². The monoisotopic (exact) mass is 324 g/mol. The molecule has 0 unspecified atom stereocenters. The van der Waals surface area contributed by atoms with Crippen LogP contribution in [-0.4, -0.2) is 6.03 Å². The molecule has 3 nitrogen and oxygen atoms in total. The van der Waals surface area contributed by atoms with E-state index in [-0.39, 0.29) is 6.54 Å². The molecule has 0 bridgehead atoms. The van der Waals surface area contributed by atoms with Gasteiger partial charge in [0.05, 0.1) is 6.04 Å². The molecular weight excluding hydrogens is 310 g/mol. The predicted molar refractivity (Wildman–Crippen MR) is 81.6 cm³/mol. The van der Waals surface area contributed by atoms with E-state index >= 15 is 0 Å². The zero-order chi connectivity index (χ0) is 16.1. The van der Waals surface area contributed by atoms with Crippen molar-refractivity contribution in [3.8, 4) is 0 Å². The largest absolute Gasteiger partial charge is 0.334 e. The van der Waals surface area contributed by atoms with Gasteiger partial charge in [-0.3, -0.25) is 0 Å². The molecule has 6 heteroatoms. The summed E-state index contributed by atoms with van der Waals surface area (Å²) in [5, 5.41) is 5.88. The second-order valence-electron chi connectivity index (χ2n) is 4.81. The van der Waals surface area contributed by atoms with Gasteiger partial charge in [-0.15, -0.1) is 0 Å². The standard InChI is InChI=1S/C16H15ClF2N2O/c1-10(11-6-7-14(18)15(19)8-11)21-16(22)20-9-12-4-2-3-5-13(12)17/h2-8,10H,9H2,1H3,(H2,20,21,22)/t10-/m0/s1. The molecule has 2 N–H and O–H groups in total. The lowest BCUT2D eigenvalue weighted by molar-refractivity contribution is 0.237. The van der Waals surface area contributed by atoms with E-state index in [0.29, 0.717) is 10.6 Å². The van der Waals surface area contributed by atoms with E-state index in [0.717, 1.165) is 17.7 Å². The van der Waals surface area contributed by atoms with Crippen molar-refractivity contribution < 1.29 is 13.6 Å². The Labute approximate surface area is 132 Å². The molecule has 2 aromatic carbocycles. The van der Waals surface area contributed by atoms with Crippen LogP contribution in [0.5, 0.6) is 0 Å². The molecule has 2 amide bonds. The Bertz CT molecular complexity index is 679. The third kappa shape index (κ3) is 4.18. The first-order chi connectivity index (χ1) is 10.5. The van der Waals surface area contributed by atoms with Crippen LogP contribution in [0.3, 0.4) is 0 Å². The molecule has 0 fully saturated rings. The van der Waals surface area contributed by atoms with E-state index in [1.54, 1.807) is 25.1 Å². The number of benzene rings is 2. The average molecular weight is 325 g/mol. The fraction of sp³-hybridized carbons (Fsp3) is 0.188. The third-order valence-electron chi connectivity index (χ3n) is 3.19. The molecule has 116 valence electrons. The number of carbonyl (C=O) groups excluding carboxylic acids is 1. The summed E-state index contributed by atoms with van der Waals surface area (Å²) in [6.07, 6.45) is 0. The molecule has 0 saturated carbocycles. The number of urea groups is 1. The van der Waals surface area contributed by atoms with Gasteiger partial charge in [0.25, 0.3) is 0 Å². The number of hydrogen-bond acceptors (Lipinski definition) is 1. The van der Waals surface area contributed by atoms with Crippen LogP contribution in [0.2, 0.25) is 5.02 Å². The lowest BCUT2D eigenvalue weighted by Gasteiger charge is -2.15. The van der Waals surface area contributed by atoms with Gasteiger partial charge in [-0.1, -0.05) is 35.9 Å². The van der Waals surface area contributed by atoms with Crippen molar-refractivity contribution in [2.45, 2.75) is 19.5 Å². The number of amides is 2. The molecular formula is C16H15ClF2N2O. The summed E-state index contributed by atoms with van der Waals surface area (Å²) in [7, 11) is 0. The zero-order valence-corrected chi connectivity index (χ0v) is 12.6. The fourth-order valence-electron chi connectivity index (χ4n) is 1.93. The van der Waals surface area contributed by atoms with Crippen LogP contribution >= 0.6 is 11.6 Å². The van der Waals surface area contributed by atoms with Crippen molar-refractivity contribution >= 4 is 17.6 Å². The molecule has 0 aromatic heterocycles. The molecule has 0 saturated heterocycles. The van der Waals surface area contributed by atoms with Gasteiger partial charge in [0.15, 0.2) is 11.6 Å². The Hall–Kier alpha value is -2.14. The molecule has 0 spiro atoms. The van der Waals surface area contributed by atoms with Crippen molar-refractivity contribution in [3.63, 3.8) is 0 Å². The molecule has 0 aliphatic heterocycles. The van der Waals surface area contributed by atoms with Crippen LogP contribution in [0.15, 0.2) is 42.5 Å². The highest BCUT2D eigenvalue weighted by atomic mass is 35.5. The summed E-state index contributed by atoms with van der Waals surface area (Å²) in [5.41, 5.74) is 1.27. The molecule has 0 aliphatic carbocycles. The van der Waals surface area contributed by atoms with Crippen molar-refractivity contribution in [3.05, 3.63) is 70.2 Å². The van der Waals surface area contributed by atoms with E-state index in [2.05, 4.69) is 10.6 Å². The van der Waals surface area contributed by atoms with Crippen molar-refractivity contribution in [2.75, 3.05) is 0 Å². The van der Waals surface area contributed by atoms with Gasteiger partial charge in [0.2, 0.25) is 0 Å². The van der Waals surface area contributed by atoms with E-state index < -0.39 is 23.7 Å². The Morgan fingerprint density at radius 1 is 1.18 bits per heavy atom. The minimum Gasteiger partial charge on any atom is -0.334 e. The maximum Gasteiger partial charge on any atom is 0.315 e. The molecule has 22 heavy (non-hydrogen) atoms. The third-order valence-corrected chi connectivity index (χ3v) is 3.56. The highest BCUT2D eigenvalue weighted by Crippen LogP contribution is 2.16. The van der Waals surface area contributed by atoms with Crippen LogP contribution in [0.1, 0.15) is 24.1 Å². The SMILES string of the molecule is C[C@H](NC(=O)NCc1ccccc1Cl)c1ccc(F)c(F)c1. The van der Waals surface area contributed by atoms with Gasteiger partial charge < -0.3 is 10.6 Å². The molecule has 0 radical (unpaired) electrons. The number of nitrogens with one attached hydrogen (secondary N) is 2. The number of halogens is 3.